The van der Waals surface area contributed by atoms with Gasteiger partial charge in [-0.3, -0.25) is 4.90 Å². The number of nitrogen functional groups attached to an aromatic ring is 1. The fraction of sp³-hybridized carbons (Fsp3) is 0.462. The smallest absolute Gasteiger partial charge is 0.321 e. The molecule has 2 amide bonds. The number of nitrogens with two attached hydrogens (primary N) is 1. The maximum atomic E-state index is 11.9. The summed E-state index contributed by atoms with van der Waals surface area (Å²) in [5.74, 6) is 0. The molecule has 0 atom stereocenters. The summed E-state index contributed by atoms with van der Waals surface area (Å²) in [5.41, 5.74) is 7.22. The number of nitrogens with zero attached hydrogens (tertiary/aromatic N) is 1. The summed E-state index contributed by atoms with van der Waals surface area (Å²) in [6.07, 6.45) is 2.07. The van der Waals surface area contributed by atoms with E-state index in [1.165, 1.54) is 0 Å². The van der Waals surface area contributed by atoms with Gasteiger partial charge in [0.1, 0.15) is 0 Å². The third-order valence-electron chi connectivity index (χ3n) is 2.55. The lowest BCUT2D eigenvalue weighted by atomic mass is 10.2. The molecule has 0 aliphatic carbocycles. The van der Waals surface area contributed by atoms with Gasteiger partial charge in [-0.05, 0) is 31.5 Å². The third kappa shape index (κ3) is 3.98. The highest BCUT2D eigenvalue weighted by molar-refractivity contribution is 5.92. The minimum absolute atomic E-state index is 0.0634. The first-order valence-electron chi connectivity index (χ1n) is 6.10. The number of benzene rings is 1. The van der Waals surface area contributed by atoms with Crippen LogP contribution >= 0.6 is 0 Å². The van der Waals surface area contributed by atoms with Crippen molar-refractivity contribution in [2.24, 2.45) is 0 Å². The molecule has 1 aromatic carbocycles. The van der Waals surface area contributed by atoms with Crippen LogP contribution in [0.15, 0.2) is 24.3 Å². The molecule has 4 nitrogen and oxygen atoms in total. The summed E-state index contributed by atoms with van der Waals surface area (Å²) in [5, 5.41) is 2.90. The molecule has 94 valence electrons. The lowest BCUT2D eigenvalue weighted by Gasteiger charge is -2.21. The zero-order valence-electron chi connectivity index (χ0n) is 10.6. The zero-order chi connectivity index (χ0) is 12.7. The van der Waals surface area contributed by atoms with Crippen molar-refractivity contribution in [2.75, 3.05) is 23.7 Å². The SMILES string of the molecule is CCCCNC(=O)N(CC)c1cccc(N)c1. The van der Waals surface area contributed by atoms with E-state index in [2.05, 4.69) is 12.2 Å². The van der Waals surface area contributed by atoms with E-state index in [4.69, 9.17) is 5.73 Å². The van der Waals surface area contributed by atoms with Crippen molar-refractivity contribution in [1.82, 2.24) is 5.32 Å². The monoisotopic (exact) mass is 235 g/mol. The lowest BCUT2D eigenvalue weighted by Crippen LogP contribution is -2.40. The predicted molar refractivity (Wildman–Crippen MR) is 72.2 cm³/mol. The van der Waals surface area contributed by atoms with Crippen LogP contribution in [0.1, 0.15) is 26.7 Å². The highest BCUT2D eigenvalue weighted by atomic mass is 16.2. The molecule has 0 radical (unpaired) electrons. The third-order valence-corrected chi connectivity index (χ3v) is 2.55. The molecule has 17 heavy (non-hydrogen) atoms. The minimum Gasteiger partial charge on any atom is -0.399 e. The summed E-state index contributed by atoms with van der Waals surface area (Å²) < 4.78 is 0. The summed E-state index contributed by atoms with van der Waals surface area (Å²) in [6, 6.07) is 7.30. The Labute approximate surface area is 103 Å². The molecule has 0 aliphatic heterocycles. The summed E-state index contributed by atoms with van der Waals surface area (Å²) in [7, 11) is 0. The fourth-order valence-electron chi connectivity index (χ4n) is 1.60. The highest BCUT2D eigenvalue weighted by Gasteiger charge is 2.12. The molecule has 0 saturated heterocycles. The van der Waals surface area contributed by atoms with Crippen molar-refractivity contribution < 1.29 is 4.79 Å². The van der Waals surface area contributed by atoms with Crippen LogP contribution in [0, 0.1) is 0 Å². The molecule has 0 aliphatic rings. The standard InChI is InChI=1S/C13H21N3O/c1-3-5-9-15-13(17)16(4-2)12-8-6-7-11(14)10-12/h6-8,10H,3-5,9,14H2,1-2H3,(H,15,17). The van der Waals surface area contributed by atoms with Gasteiger partial charge in [-0.1, -0.05) is 19.4 Å². The Kier molecular flexibility index (Phi) is 5.33. The summed E-state index contributed by atoms with van der Waals surface area (Å²) in [6.45, 7) is 5.39. The van der Waals surface area contributed by atoms with Crippen LogP contribution in [-0.4, -0.2) is 19.1 Å². The van der Waals surface area contributed by atoms with E-state index >= 15 is 0 Å². The van der Waals surface area contributed by atoms with Crippen molar-refractivity contribution >= 4 is 17.4 Å². The molecule has 4 heteroatoms. The largest absolute Gasteiger partial charge is 0.399 e. The predicted octanol–water partition coefficient (Wildman–Crippen LogP) is 2.60. The average molecular weight is 235 g/mol. The number of anilines is 2. The van der Waals surface area contributed by atoms with Gasteiger partial charge in [-0.2, -0.15) is 0 Å². The molecule has 0 spiro atoms. The fourth-order valence-corrected chi connectivity index (χ4v) is 1.60. The number of rotatable bonds is 5. The van der Waals surface area contributed by atoms with E-state index in [1.54, 1.807) is 4.90 Å². The van der Waals surface area contributed by atoms with E-state index in [9.17, 15) is 4.79 Å². The second-order valence-corrected chi connectivity index (χ2v) is 3.92. The Morgan fingerprint density at radius 2 is 2.18 bits per heavy atom. The first-order valence-corrected chi connectivity index (χ1v) is 6.10. The van der Waals surface area contributed by atoms with Crippen LogP contribution in [0.4, 0.5) is 16.2 Å². The maximum Gasteiger partial charge on any atom is 0.321 e. The Hall–Kier alpha value is -1.71. The lowest BCUT2D eigenvalue weighted by molar-refractivity contribution is 0.246. The van der Waals surface area contributed by atoms with Crippen LogP contribution in [0.5, 0.6) is 0 Å². The molecular weight excluding hydrogens is 214 g/mol. The topological polar surface area (TPSA) is 58.4 Å². The van der Waals surface area contributed by atoms with Crippen molar-refractivity contribution in [3.05, 3.63) is 24.3 Å². The Morgan fingerprint density at radius 1 is 1.41 bits per heavy atom. The Bertz CT molecular complexity index is 365. The second-order valence-electron chi connectivity index (χ2n) is 3.92. The number of carbonyl (C=O) groups excluding carboxylic acids is 1. The zero-order valence-corrected chi connectivity index (χ0v) is 10.6. The molecule has 0 fully saturated rings. The van der Waals surface area contributed by atoms with E-state index in [0.29, 0.717) is 18.8 Å². The number of urea groups is 1. The van der Waals surface area contributed by atoms with Crippen LogP contribution in [0.3, 0.4) is 0 Å². The quantitative estimate of drug-likeness (QED) is 0.609. The van der Waals surface area contributed by atoms with Gasteiger partial charge in [0, 0.05) is 24.5 Å². The minimum atomic E-state index is -0.0634. The van der Waals surface area contributed by atoms with Gasteiger partial charge in [0.25, 0.3) is 0 Å². The van der Waals surface area contributed by atoms with Gasteiger partial charge in [-0.25, -0.2) is 4.79 Å². The number of hydrogen-bond acceptors (Lipinski definition) is 2. The Balaban J connectivity index is 2.67. The second kappa shape index (κ2) is 6.78. The summed E-state index contributed by atoms with van der Waals surface area (Å²) in [4.78, 5) is 13.6. The first kappa shape index (κ1) is 13.4. The van der Waals surface area contributed by atoms with E-state index < -0.39 is 0 Å². The number of unbranched alkanes of at least 4 members (excludes halogenated alkanes) is 1. The van der Waals surface area contributed by atoms with E-state index in [1.807, 2.05) is 31.2 Å². The van der Waals surface area contributed by atoms with E-state index in [0.717, 1.165) is 18.5 Å². The van der Waals surface area contributed by atoms with Crippen molar-refractivity contribution in [1.29, 1.82) is 0 Å². The number of nitrogens with one attached hydrogen (secondary N) is 1. The first-order chi connectivity index (χ1) is 8.19. The Morgan fingerprint density at radius 3 is 2.76 bits per heavy atom. The van der Waals surface area contributed by atoms with E-state index in [-0.39, 0.29) is 6.03 Å². The molecule has 3 N–H and O–H groups in total. The van der Waals surface area contributed by atoms with Crippen LogP contribution in [-0.2, 0) is 0 Å². The molecule has 0 saturated carbocycles. The molecular formula is C13H21N3O. The number of hydrogen-bond donors (Lipinski definition) is 2. The van der Waals surface area contributed by atoms with Gasteiger partial charge >= 0.3 is 6.03 Å². The highest BCUT2D eigenvalue weighted by Crippen LogP contribution is 2.17. The van der Waals surface area contributed by atoms with Crippen molar-refractivity contribution in [3.63, 3.8) is 0 Å². The summed E-state index contributed by atoms with van der Waals surface area (Å²) >= 11 is 0. The number of carbonyl (C=O) groups is 1. The molecule has 0 bridgehead atoms. The van der Waals surface area contributed by atoms with Crippen LogP contribution in [0.25, 0.3) is 0 Å². The van der Waals surface area contributed by atoms with Crippen LogP contribution in [0.2, 0.25) is 0 Å². The molecule has 1 rings (SSSR count). The van der Waals surface area contributed by atoms with Crippen molar-refractivity contribution in [2.45, 2.75) is 26.7 Å². The van der Waals surface area contributed by atoms with Crippen LogP contribution < -0.4 is 16.0 Å². The molecule has 0 unspecified atom stereocenters. The average Bonchev–Trinajstić information content (AvgIpc) is 2.30. The normalized spacial score (nSPS) is 10.0. The molecule has 0 aromatic heterocycles. The van der Waals surface area contributed by atoms with Gasteiger partial charge < -0.3 is 11.1 Å². The van der Waals surface area contributed by atoms with Gasteiger partial charge in [0.2, 0.25) is 0 Å². The van der Waals surface area contributed by atoms with Gasteiger partial charge in [0.15, 0.2) is 0 Å². The molecule has 1 aromatic rings. The number of amides is 2. The maximum absolute atomic E-state index is 11.9. The van der Waals surface area contributed by atoms with Crippen molar-refractivity contribution in [3.8, 4) is 0 Å². The van der Waals surface area contributed by atoms with Gasteiger partial charge in [0.05, 0.1) is 0 Å². The van der Waals surface area contributed by atoms with Gasteiger partial charge in [-0.15, -0.1) is 0 Å². The molecule has 0 heterocycles.